The van der Waals surface area contributed by atoms with Crippen LogP contribution >= 0.6 is 11.3 Å². The molecule has 1 fully saturated rings. The van der Waals surface area contributed by atoms with Crippen molar-refractivity contribution >= 4 is 23.2 Å². The van der Waals surface area contributed by atoms with Gasteiger partial charge in [-0.3, -0.25) is 14.5 Å². The Kier molecular flexibility index (Phi) is 8.00. The van der Waals surface area contributed by atoms with Gasteiger partial charge in [-0.1, -0.05) is 17.4 Å². The number of benzene rings is 1. The summed E-state index contributed by atoms with van der Waals surface area (Å²) < 4.78 is 31.4. The van der Waals surface area contributed by atoms with Crippen LogP contribution < -0.4 is 10.1 Å². The van der Waals surface area contributed by atoms with E-state index in [1.807, 2.05) is 19.1 Å². The van der Waals surface area contributed by atoms with Gasteiger partial charge in [-0.2, -0.15) is 0 Å². The fourth-order valence-electron chi connectivity index (χ4n) is 5.75. The van der Waals surface area contributed by atoms with E-state index in [4.69, 9.17) is 4.74 Å². The number of carbonyl (C=O) groups excluding carboxylic acids is 2. The Bertz CT molecular complexity index is 1170. The third-order valence-corrected chi connectivity index (χ3v) is 9.01. The summed E-state index contributed by atoms with van der Waals surface area (Å²) in [7, 11) is 0. The van der Waals surface area contributed by atoms with Crippen molar-refractivity contribution in [2.24, 2.45) is 5.92 Å². The SMILES string of the molecule is CCN1Cc2c(C(=O)NC3CCC(CCN4CCc5sc(OCC(C)(F)F)nc5C4)CC3)cccc2C1=O. The monoisotopic (exact) mass is 546 g/mol. The maximum absolute atomic E-state index is 13.1. The molecule has 0 atom stereocenters. The van der Waals surface area contributed by atoms with E-state index in [1.165, 1.54) is 11.3 Å². The van der Waals surface area contributed by atoms with Gasteiger partial charge in [0.05, 0.1) is 5.69 Å². The summed E-state index contributed by atoms with van der Waals surface area (Å²) in [6, 6.07) is 5.60. The minimum absolute atomic E-state index is 0.00675. The van der Waals surface area contributed by atoms with Crippen LogP contribution in [0.5, 0.6) is 5.19 Å². The standard InChI is InChI=1S/C28H36F2N4O3S/c1-3-34-15-22-20(5-4-6-21(22)26(34)36)25(35)31-19-9-7-18(8-10-19)11-13-33-14-12-24-23(16-33)32-27(38-24)37-17-28(2,29)30/h4-6,18-19H,3,7-17H2,1-2H3,(H,31,35). The molecule has 7 nitrogen and oxygen atoms in total. The Balaban J connectivity index is 1.06. The van der Waals surface area contributed by atoms with Crippen LogP contribution in [0, 0.1) is 5.92 Å². The average Bonchev–Trinajstić information content (AvgIpc) is 3.46. The van der Waals surface area contributed by atoms with Crippen molar-refractivity contribution in [3.05, 3.63) is 45.5 Å². The first-order valence-electron chi connectivity index (χ1n) is 13.6. The average molecular weight is 547 g/mol. The highest BCUT2D eigenvalue weighted by Gasteiger charge is 2.31. The summed E-state index contributed by atoms with van der Waals surface area (Å²) >= 11 is 1.39. The number of amides is 2. The first-order chi connectivity index (χ1) is 18.2. The minimum atomic E-state index is -2.86. The number of aromatic nitrogens is 1. The number of nitrogens with one attached hydrogen (secondary N) is 1. The summed E-state index contributed by atoms with van der Waals surface area (Å²) in [6.45, 7) is 5.97. The zero-order valence-corrected chi connectivity index (χ0v) is 22.9. The summed E-state index contributed by atoms with van der Waals surface area (Å²) in [5.74, 6) is -2.30. The van der Waals surface area contributed by atoms with Crippen molar-refractivity contribution in [2.75, 3.05) is 26.2 Å². The molecule has 38 heavy (non-hydrogen) atoms. The number of alkyl halides is 2. The molecular formula is C28H36F2N4O3S. The highest BCUT2D eigenvalue weighted by atomic mass is 32.1. The number of ether oxygens (including phenoxy) is 1. The minimum Gasteiger partial charge on any atom is -0.464 e. The van der Waals surface area contributed by atoms with E-state index in [2.05, 4.69) is 15.2 Å². The van der Waals surface area contributed by atoms with Crippen LogP contribution in [0.25, 0.3) is 0 Å². The zero-order valence-electron chi connectivity index (χ0n) is 22.1. The molecule has 1 aliphatic carbocycles. The lowest BCUT2D eigenvalue weighted by atomic mass is 9.83. The third-order valence-electron chi connectivity index (χ3n) is 7.94. The quantitative estimate of drug-likeness (QED) is 0.485. The number of hydrogen-bond donors (Lipinski definition) is 1. The lowest BCUT2D eigenvalue weighted by Gasteiger charge is -2.32. The Morgan fingerprint density at radius 1 is 1.24 bits per heavy atom. The lowest BCUT2D eigenvalue weighted by molar-refractivity contribution is -0.0230. The predicted octanol–water partition coefficient (Wildman–Crippen LogP) is 4.89. The van der Waals surface area contributed by atoms with E-state index in [0.717, 1.165) is 81.2 Å². The maximum atomic E-state index is 13.1. The Morgan fingerprint density at radius 2 is 2.03 bits per heavy atom. The zero-order chi connectivity index (χ0) is 26.9. The van der Waals surface area contributed by atoms with Crippen LogP contribution in [-0.4, -0.2) is 64.8 Å². The molecule has 0 spiro atoms. The largest absolute Gasteiger partial charge is 0.464 e. The molecule has 3 heterocycles. The molecule has 0 bridgehead atoms. The molecule has 1 N–H and O–H groups in total. The van der Waals surface area contributed by atoms with Crippen LogP contribution in [0.15, 0.2) is 18.2 Å². The first-order valence-corrected chi connectivity index (χ1v) is 14.5. The normalized spacial score (nSPS) is 21.8. The highest BCUT2D eigenvalue weighted by Crippen LogP contribution is 2.32. The van der Waals surface area contributed by atoms with E-state index in [0.29, 0.717) is 35.3 Å². The van der Waals surface area contributed by atoms with Crippen molar-refractivity contribution < 1.29 is 23.1 Å². The topological polar surface area (TPSA) is 74.8 Å². The van der Waals surface area contributed by atoms with Gasteiger partial charge in [-0.05, 0) is 75.6 Å². The van der Waals surface area contributed by atoms with E-state index in [1.54, 1.807) is 11.0 Å². The van der Waals surface area contributed by atoms with E-state index in [-0.39, 0.29) is 17.9 Å². The van der Waals surface area contributed by atoms with Crippen LogP contribution in [0.3, 0.4) is 0 Å². The number of rotatable bonds is 9. The molecule has 1 aromatic carbocycles. The van der Waals surface area contributed by atoms with Crippen molar-refractivity contribution in [1.29, 1.82) is 0 Å². The fourth-order valence-corrected chi connectivity index (χ4v) is 6.66. The van der Waals surface area contributed by atoms with Crippen LogP contribution in [-0.2, 0) is 19.5 Å². The lowest BCUT2D eigenvalue weighted by Crippen LogP contribution is -2.38. The van der Waals surface area contributed by atoms with Crippen molar-refractivity contribution in [3.8, 4) is 5.19 Å². The fraction of sp³-hybridized carbons (Fsp3) is 0.607. The Morgan fingerprint density at radius 3 is 2.76 bits per heavy atom. The van der Waals surface area contributed by atoms with Crippen molar-refractivity contribution in [3.63, 3.8) is 0 Å². The molecule has 0 unspecified atom stereocenters. The molecule has 3 aliphatic rings. The highest BCUT2D eigenvalue weighted by molar-refractivity contribution is 7.13. The summed E-state index contributed by atoms with van der Waals surface area (Å²) in [6.07, 6.45) is 6.07. The van der Waals surface area contributed by atoms with Crippen LogP contribution in [0.4, 0.5) is 8.78 Å². The Hall–Kier alpha value is -2.59. The van der Waals surface area contributed by atoms with Crippen molar-refractivity contribution in [2.45, 2.75) is 77.4 Å². The molecule has 1 aromatic heterocycles. The number of fused-ring (bicyclic) bond motifs is 2. The molecule has 0 saturated heterocycles. The molecule has 2 aromatic rings. The number of carbonyl (C=O) groups is 2. The predicted molar refractivity (Wildman–Crippen MR) is 142 cm³/mol. The van der Waals surface area contributed by atoms with Gasteiger partial charge in [0.2, 0.25) is 0 Å². The van der Waals surface area contributed by atoms with Gasteiger partial charge in [-0.15, -0.1) is 0 Å². The molecular weight excluding hydrogens is 510 g/mol. The second-order valence-corrected chi connectivity index (χ2v) is 11.9. The summed E-state index contributed by atoms with van der Waals surface area (Å²) in [5.41, 5.74) is 3.07. The van der Waals surface area contributed by atoms with Crippen LogP contribution in [0.1, 0.15) is 82.8 Å². The van der Waals surface area contributed by atoms with E-state index >= 15 is 0 Å². The van der Waals surface area contributed by atoms with Crippen molar-refractivity contribution in [1.82, 2.24) is 20.1 Å². The Labute approximate surface area is 226 Å². The van der Waals surface area contributed by atoms with Gasteiger partial charge in [0.1, 0.15) is 0 Å². The van der Waals surface area contributed by atoms with Gasteiger partial charge in [0, 0.05) is 55.1 Å². The van der Waals surface area contributed by atoms with Crippen LogP contribution in [0.2, 0.25) is 0 Å². The van der Waals surface area contributed by atoms with Gasteiger partial charge >= 0.3 is 0 Å². The van der Waals surface area contributed by atoms with E-state index < -0.39 is 12.5 Å². The first kappa shape index (κ1) is 27.0. The molecule has 1 saturated carbocycles. The second-order valence-electron chi connectivity index (χ2n) is 10.9. The van der Waals surface area contributed by atoms with Gasteiger partial charge in [-0.25, -0.2) is 13.8 Å². The smallest absolute Gasteiger partial charge is 0.278 e. The maximum Gasteiger partial charge on any atom is 0.278 e. The number of hydrogen-bond acceptors (Lipinski definition) is 6. The van der Waals surface area contributed by atoms with Gasteiger partial charge in [0.25, 0.3) is 22.9 Å². The molecule has 2 aliphatic heterocycles. The number of halogens is 2. The number of nitrogens with zero attached hydrogens (tertiary/aromatic N) is 3. The molecule has 0 radical (unpaired) electrons. The summed E-state index contributed by atoms with van der Waals surface area (Å²) in [4.78, 5) is 35.3. The van der Waals surface area contributed by atoms with Gasteiger partial charge in [0.15, 0.2) is 6.61 Å². The number of thiazole rings is 1. The second kappa shape index (κ2) is 11.3. The summed E-state index contributed by atoms with van der Waals surface area (Å²) in [5, 5.41) is 3.57. The third kappa shape index (κ3) is 6.17. The van der Waals surface area contributed by atoms with E-state index in [9.17, 15) is 18.4 Å². The molecule has 2 amide bonds. The van der Waals surface area contributed by atoms with Gasteiger partial charge < -0.3 is 15.0 Å². The molecule has 5 rings (SSSR count). The molecule has 206 valence electrons. The molecule has 10 heteroatoms.